The van der Waals surface area contributed by atoms with Crippen LogP contribution in [0, 0.1) is 32.9 Å². The fraction of sp³-hybridized carbons (Fsp3) is 0.433. The molecule has 0 aliphatic carbocycles. The zero-order valence-corrected chi connectivity index (χ0v) is 22.3. The molecule has 3 rings (SSSR count). The van der Waals surface area contributed by atoms with Gasteiger partial charge in [0.1, 0.15) is 0 Å². The Bertz CT molecular complexity index is 643. The third-order valence-electron chi connectivity index (χ3n) is 5.54. The molecular weight excluding hydrogens is 555 g/mol. The summed E-state index contributed by atoms with van der Waals surface area (Å²) in [6.07, 6.45) is 12.6. The molecule has 1 heteroatoms. The SMILES string of the molecule is CCCCCCCCCC[c-]1cc(C)c(C)c1C.[Pt].[c-]1ccccc1.[c-]1ccccc1. The van der Waals surface area contributed by atoms with E-state index >= 15 is 0 Å². The number of benzene rings is 2. The van der Waals surface area contributed by atoms with Gasteiger partial charge < -0.3 is 0 Å². The van der Waals surface area contributed by atoms with E-state index in [-0.39, 0.29) is 21.1 Å². The third kappa shape index (κ3) is 15.0. The minimum Gasteiger partial charge on any atom is -0.198 e. The van der Waals surface area contributed by atoms with Crippen molar-refractivity contribution in [2.24, 2.45) is 0 Å². The van der Waals surface area contributed by atoms with E-state index in [9.17, 15) is 0 Å². The van der Waals surface area contributed by atoms with Gasteiger partial charge in [-0.3, -0.25) is 0 Å². The van der Waals surface area contributed by atoms with Gasteiger partial charge in [-0.2, -0.15) is 101 Å². The van der Waals surface area contributed by atoms with Gasteiger partial charge in [-0.15, -0.1) is 0 Å². The second-order valence-corrected chi connectivity index (χ2v) is 7.98. The van der Waals surface area contributed by atoms with E-state index in [2.05, 4.69) is 45.9 Å². The van der Waals surface area contributed by atoms with Crippen LogP contribution >= 0.6 is 0 Å². The summed E-state index contributed by atoms with van der Waals surface area (Å²) in [5, 5.41) is 0. The van der Waals surface area contributed by atoms with Crippen molar-refractivity contribution in [1.82, 2.24) is 0 Å². The summed E-state index contributed by atoms with van der Waals surface area (Å²) < 4.78 is 0. The normalized spacial score (nSPS) is 9.55. The smallest absolute Gasteiger partial charge is 0 e. The molecule has 0 aliphatic heterocycles. The minimum absolute atomic E-state index is 0. The fourth-order valence-corrected chi connectivity index (χ4v) is 3.41. The molecule has 3 aromatic rings. The zero-order chi connectivity index (χ0) is 21.9. The third-order valence-corrected chi connectivity index (χ3v) is 5.54. The summed E-state index contributed by atoms with van der Waals surface area (Å²) in [5.74, 6) is 0. The molecule has 0 unspecified atom stereocenters. The van der Waals surface area contributed by atoms with E-state index in [0.29, 0.717) is 0 Å². The van der Waals surface area contributed by atoms with Crippen LogP contribution in [0.1, 0.15) is 80.5 Å². The Morgan fingerprint density at radius 3 is 1.42 bits per heavy atom. The number of hydrogen-bond donors (Lipinski definition) is 0. The molecule has 0 saturated heterocycles. The average Bonchev–Trinajstić information content (AvgIpc) is 3.05. The van der Waals surface area contributed by atoms with Crippen LogP contribution in [0.15, 0.2) is 66.7 Å². The summed E-state index contributed by atoms with van der Waals surface area (Å²) in [6.45, 7) is 9.05. The monoisotopic (exact) mass is 596 g/mol. The molecule has 0 fully saturated rings. The summed E-state index contributed by atoms with van der Waals surface area (Å²) in [5.41, 5.74) is 6.11. The molecule has 0 aromatic heterocycles. The van der Waals surface area contributed by atoms with Crippen molar-refractivity contribution in [3.8, 4) is 0 Å². The van der Waals surface area contributed by atoms with Crippen molar-refractivity contribution in [2.45, 2.75) is 85.5 Å². The number of aryl methyl sites for hydroxylation is 2. The second-order valence-electron chi connectivity index (χ2n) is 7.98. The summed E-state index contributed by atoms with van der Waals surface area (Å²) >= 11 is 0. The van der Waals surface area contributed by atoms with Gasteiger partial charge in [-0.05, 0) is 0 Å². The van der Waals surface area contributed by atoms with E-state index < -0.39 is 0 Å². The van der Waals surface area contributed by atoms with Crippen LogP contribution in [-0.4, -0.2) is 0 Å². The van der Waals surface area contributed by atoms with Crippen molar-refractivity contribution in [3.63, 3.8) is 0 Å². The standard InChI is InChI=1S/C18H31.2C6H5.Pt/c1-5-6-7-8-9-10-11-12-13-18-14-15(2)16(3)17(18)4;2*1-2-4-6-5-3-1;/h14H,5-13H2,1-4H3;2*1-5H;/q3*-1;. The van der Waals surface area contributed by atoms with Crippen molar-refractivity contribution in [3.05, 3.63) is 101 Å². The molecule has 0 heterocycles. The first kappa shape index (κ1) is 29.5. The van der Waals surface area contributed by atoms with Crippen LogP contribution in [0.2, 0.25) is 0 Å². The summed E-state index contributed by atoms with van der Waals surface area (Å²) in [4.78, 5) is 0. The second kappa shape index (κ2) is 20.4. The van der Waals surface area contributed by atoms with Crippen LogP contribution in [0.4, 0.5) is 0 Å². The van der Waals surface area contributed by atoms with Crippen molar-refractivity contribution < 1.29 is 21.1 Å². The van der Waals surface area contributed by atoms with Gasteiger partial charge in [0.05, 0.1) is 0 Å². The first-order chi connectivity index (χ1) is 14.7. The maximum absolute atomic E-state index is 2.89. The molecule has 0 amide bonds. The first-order valence-electron chi connectivity index (χ1n) is 11.7. The fourth-order valence-electron chi connectivity index (χ4n) is 3.41. The Kier molecular flexibility index (Phi) is 19.4. The van der Waals surface area contributed by atoms with Gasteiger partial charge in [-0.25, -0.2) is 0 Å². The van der Waals surface area contributed by atoms with Crippen LogP contribution < -0.4 is 0 Å². The van der Waals surface area contributed by atoms with Crippen LogP contribution in [0.3, 0.4) is 0 Å². The predicted octanol–water partition coefficient (Wildman–Crippen LogP) is 8.99. The Balaban J connectivity index is 0.000000559. The van der Waals surface area contributed by atoms with Gasteiger partial charge in [0.25, 0.3) is 0 Å². The topological polar surface area (TPSA) is 0 Å². The van der Waals surface area contributed by atoms with Crippen LogP contribution in [-0.2, 0) is 27.5 Å². The Labute approximate surface area is 207 Å². The molecule has 0 atom stereocenters. The van der Waals surface area contributed by atoms with Gasteiger partial charge in [-0.1, -0.05) is 85.5 Å². The van der Waals surface area contributed by atoms with Gasteiger partial charge >= 0.3 is 0 Å². The largest absolute Gasteiger partial charge is 0.198 e. The van der Waals surface area contributed by atoms with Crippen molar-refractivity contribution in [2.75, 3.05) is 0 Å². The van der Waals surface area contributed by atoms with Crippen molar-refractivity contribution >= 4 is 0 Å². The zero-order valence-electron chi connectivity index (χ0n) is 20.0. The molecule has 0 nitrogen and oxygen atoms in total. The molecule has 3 aromatic carbocycles. The molecular formula is C30H41Pt-3. The quantitative estimate of drug-likeness (QED) is 0.171. The molecule has 0 aliphatic rings. The molecule has 0 bridgehead atoms. The maximum Gasteiger partial charge on any atom is 0 e. The predicted molar refractivity (Wildman–Crippen MR) is 133 cm³/mol. The molecule has 0 spiro atoms. The maximum atomic E-state index is 2.89. The van der Waals surface area contributed by atoms with Gasteiger partial charge in [0.2, 0.25) is 0 Å². The van der Waals surface area contributed by atoms with E-state index in [1.54, 1.807) is 5.56 Å². The van der Waals surface area contributed by atoms with E-state index in [4.69, 9.17) is 0 Å². The minimum atomic E-state index is 0. The first-order valence-corrected chi connectivity index (χ1v) is 11.7. The van der Waals surface area contributed by atoms with E-state index in [0.717, 1.165) is 0 Å². The van der Waals surface area contributed by atoms with Gasteiger partial charge in [0.15, 0.2) is 0 Å². The molecule has 0 N–H and O–H groups in total. The molecule has 0 radical (unpaired) electrons. The number of rotatable bonds is 9. The van der Waals surface area contributed by atoms with E-state index in [1.165, 1.54) is 74.5 Å². The average molecular weight is 597 g/mol. The Morgan fingerprint density at radius 2 is 1.10 bits per heavy atom. The summed E-state index contributed by atoms with van der Waals surface area (Å²) in [7, 11) is 0. The van der Waals surface area contributed by atoms with Gasteiger partial charge in [0, 0.05) is 21.1 Å². The Hall–Kier alpha value is -1.52. The molecule has 31 heavy (non-hydrogen) atoms. The summed E-state index contributed by atoms with van der Waals surface area (Å²) in [6, 6.07) is 27.4. The Morgan fingerprint density at radius 1 is 0.645 bits per heavy atom. The van der Waals surface area contributed by atoms with E-state index in [1.807, 2.05) is 60.7 Å². The molecule has 174 valence electrons. The number of hydrogen-bond acceptors (Lipinski definition) is 0. The van der Waals surface area contributed by atoms with Crippen LogP contribution in [0.5, 0.6) is 0 Å². The van der Waals surface area contributed by atoms with Crippen LogP contribution in [0.25, 0.3) is 0 Å². The molecule has 0 saturated carbocycles. The number of unbranched alkanes of at least 4 members (excludes halogenated alkanes) is 7. The van der Waals surface area contributed by atoms with Crippen molar-refractivity contribution in [1.29, 1.82) is 0 Å².